The third-order valence-corrected chi connectivity index (χ3v) is 3.72. The van der Waals surface area contributed by atoms with Crippen LogP contribution in [0.1, 0.15) is 38.7 Å². The molecule has 0 spiro atoms. The normalized spacial score (nSPS) is 26.9. The monoisotopic (exact) mass is 218 g/mol. The fraction of sp³-hybridized carbons (Fsp3) is 0.571. The smallest absolute Gasteiger partial charge is 0.0314 e. The highest BCUT2D eigenvalue weighted by atomic mass is 15.2. The second kappa shape index (κ2) is 4.88. The molecule has 1 aliphatic rings. The van der Waals surface area contributed by atoms with Gasteiger partial charge in [0.15, 0.2) is 0 Å². The molecule has 0 amide bonds. The number of anilines is 1. The zero-order valence-corrected chi connectivity index (χ0v) is 10.3. The molecule has 0 bridgehead atoms. The van der Waals surface area contributed by atoms with Gasteiger partial charge >= 0.3 is 0 Å². The predicted molar refractivity (Wildman–Crippen MR) is 69.2 cm³/mol. The van der Waals surface area contributed by atoms with Crippen LogP contribution in [0, 0.1) is 0 Å². The van der Waals surface area contributed by atoms with Crippen LogP contribution < -0.4 is 5.73 Å². The maximum atomic E-state index is 5.70. The molecule has 2 heteroatoms. The highest BCUT2D eigenvalue weighted by Crippen LogP contribution is 2.24. The molecule has 16 heavy (non-hydrogen) atoms. The molecule has 1 saturated heterocycles. The second-order valence-electron chi connectivity index (χ2n) is 5.04. The first-order chi connectivity index (χ1) is 7.66. The summed E-state index contributed by atoms with van der Waals surface area (Å²) in [4.78, 5) is 2.61. The maximum absolute atomic E-state index is 5.70. The molecule has 0 radical (unpaired) electrons. The lowest BCUT2D eigenvalue weighted by atomic mass is 9.97. The zero-order chi connectivity index (χ0) is 11.5. The molecular weight excluding hydrogens is 196 g/mol. The molecule has 1 heterocycles. The first-order valence-corrected chi connectivity index (χ1v) is 6.27. The second-order valence-corrected chi connectivity index (χ2v) is 5.04. The van der Waals surface area contributed by atoms with E-state index in [4.69, 9.17) is 5.73 Å². The number of hydrogen-bond donors (Lipinski definition) is 1. The molecule has 1 aliphatic heterocycles. The number of piperidine rings is 1. The fourth-order valence-corrected chi connectivity index (χ4v) is 2.62. The van der Waals surface area contributed by atoms with Crippen molar-refractivity contribution in [1.82, 2.24) is 4.90 Å². The summed E-state index contributed by atoms with van der Waals surface area (Å²) in [6.07, 6.45) is 4.04. The van der Waals surface area contributed by atoms with E-state index in [1.807, 2.05) is 12.1 Å². The zero-order valence-electron chi connectivity index (χ0n) is 10.3. The molecule has 2 atom stereocenters. The van der Waals surface area contributed by atoms with Crippen LogP contribution >= 0.6 is 0 Å². The summed E-state index contributed by atoms with van der Waals surface area (Å²) >= 11 is 0. The Labute approximate surface area is 98.4 Å². The standard InChI is InChI=1S/C14H22N2/c1-11-4-3-5-12(2)16(11)10-13-6-8-14(15)9-7-13/h6-9,11-12H,3-5,10,15H2,1-2H3/t11-,12-/m0/s1. The third kappa shape index (κ3) is 2.56. The van der Waals surface area contributed by atoms with Crippen LogP contribution in [0.15, 0.2) is 24.3 Å². The molecule has 2 N–H and O–H groups in total. The van der Waals surface area contributed by atoms with Gasteiger partial charge in [-0.2, -0.15) is 0 Å². The molecule has 0 unspecified atom stereocenters. The Morgan fingerprint density at radius 1 is 1.12 bits per heavy atom. The molecule has 1 aromatic carbocycles. The summed E-state index contributed by atoms with van der Waals surface area (Å²) in [7, 11) is 0. The van der Waals surface area contributed by atoms with Crippen LogP contribution in [0.25, 0.3) is 0 Å². The van der Waals surface area contributed by atoms with Crippen molar-refractivity contribution in [3.05, 3.63) is 29.8 Å². The Morgan fingerprint density at radius 2 is 1.69 bits per heavy atom. The van der Waals surface area contributed by atoms with Gasteiger partial charge in [0.05, 0.1) is 0 Å². The number of benzene rings is 1. The van der Waals surface area contributed by atoms with Gasteiger partial charge < -0.3 is 5.73 Å². The molecule has 1 fully saturated rings. The molecule has 88 valence electrons. The summed E-state index contributed by atoms with van der Waals surface area (Å²) in [5.74, 6) is 0. The number of hydrogen-bond acceptors (Lipinski definition) is 2. The predicted octanol–water partition coefficient (Wildman–Crippen LogP) is 3.03. The molecule has 0 saturated carbocycles. The fourth-order valence-electron chi connectivity index (χ4n) is 2.62. The van der Waals surface area contributed by atoms with E-state index in [1.165, 1.54) is 24.8 Å². The van der Waals surface area contributed by atoms with E-state index in [0.29, 0.717) is 12.1 Å². The van der Waals surface area contributed by atoms with Gasteiger partial charge in [0.1, 0.15) is 0 Å². The minimum Gasteiger partial charge on any atom is -0.399 e. The summed E-state index contributed by atoms with van der Waals surface area (Å²) in [6, 6.07) is 9.69. The lowest BCUT2D eigenvalue weighted by Crippen LogP contribution is -2.42. The Hall–Kier alpha value is -1.02. The van der Waals surface area contributed by atoms with Crippen LogP contribution in [0.5, 0.6) is 0 Å². The Kier molecular flexibility index (Phi) is 3.49. The van der Waals surface area contributed by atoms with Gasteiger partial charge in [-0.05, 0) is 44.4 Å². The number of nitrogens with two attached hydrogens (primary N) is 1. The van der Waals surface area contributed by atoms with Crippen molar-refractivity contribution in [2.45, 2.75) is 51.7 Å². The van der Waals surface area contributed by atoms with E-state index in [2.05, 4.69) is 30.9 Å². The number of nitrogens with zero attached hydrogens (tertiary/aromatic N) is 1. The molecule has 0 aromatic heterocycles. The van der Waals surface area contributed by atoms with Crippen LogP contribution in [0.4, 0.5) is 5.69 Å². The van der Waals surface area contributed by atoms with Gasteiger partial charge in [-0.3, -0.25) is 4.90 Å². The van der Waals surface area contributed by atoms with Crippen molar-refractivity contribution in [1.29, 1.82) is 0 Å². The van der Waals surface area contributed by atoms with E-state index >= 15 is 0 Å². The van der Waals surface area contributed by atoms with Crippen LogP contribution in [-0.4, -0.2) is 17.0 Å². The number of likely N-dealkylation sites (tertiary alicyclic amines) is 1. The van der Waals surface area contributed by atoms with Gasteiger partial charge in [0.25, 0.3) is 0 Å². The number of nitrogen functional groups attached to an aromatic ring is 1. The Balaban J connectivity index is 2.04. The molecule has 0 aliphatic carbocycles. The van der Waals surface area contributed by atoms with Gasteiger partial charge in [0.2, 0.25) is 0 Å². The van der Waals surface area contributed by atoms with E-state index in [-0.39, 0.29) is 0 Å². The first kappa shape index (κ1) is 11.5. The van der Waals surface area contributed by atoms with E-state index < -0.39 is 0 Å². The van der Waals surface area contributed by atoms with Crippen LogP contribution in [-0.2, 0) is 6.54 Å². The van der Waals surface area contributed by atoms with E-state index in [0.717, 1.165) is 12.2 Å². The third-order valence-electron chi connectivity index (χ3n) is 3.72. The molecule has 2 nitrogen and oxygen atoms in total. The minimum absolute atomic E-state index is 0.710. The van der Waals surface area contributed by atoms with Crippen molar-refractivity contribution >= 4 is 5.69 Å². The average Bonchev–Trinajstić information content (AvgIpc) is 2.26. The molecule has 2 rings (SSSR count). The van der Waals surface area contributed by atoms with Crippen molar-refractivity contribution in [3.63, 3.8) is 0 Å². The lowest BCUT2D eigenvalue weighted by molar-refractivity contribution is 0.0953. The van der Waals surface area contributed by atoms with Gasteiger partial charge in [-0.1, -0.05) is 18.6 Å². The average molecular weight is 218 g/mol. The van der Waals surface area contributed by atoms with Crippen LogP contribution in [0.2, 0.25) is 0 Å². The van der Waals surface area contributed by atoms with Gasteiger partial charge in [-0.15, -0.1) is 0 Å². The summed E-state index contributed by atoms with van der Waals surface area (Å²) in [5.41, 5.74) is 7.92. The number of rotatable bonds is 2. The molecular formula is C14H22N2. The largest absolute Gasteiger partial charge is 0.399 e. The Bertz CT molecular complexity index is 321. The van der Waals surface area contributed by atoms with Gasteiger partial charge in [-0.25, -0.2) is 0 Å². The highest BCUT2D eigenvalue weighted by molar-refractivity contribution is 5.39. The maximum Gasteiger partial charge on any atom is 0.0314 e. The van der Waals surface area contributed by atoms with Crippen molar-refractivity contribution in [2.24, 2.45) is 0 Å². The Morgan fingerprint density at radius 3 is 2.25 bits per heavy atom. The van der Waals surface area contributed by atoms with Gasteiger partial charge in [0, 0.05) is 24.3 Å². The summed E-state index contributed by atoms with van der Waals surface area (Å²) in [5, 5.41) is 0. The van der Waals surface area contributed by atoms with Crippen molar-refractivity contribution in [3.8, 4) is 0 Å². The first-order valence-electron chi connectivity index (χ1n) is 6.27. The van der Waals surface area contributed by atoms with Crippen LogP contribution in [0.3, 0.4) is 0 Å². The summed E-state index contributed by atoms with van der Waals surface area (Å²) in [6.45, 7) is 5.74. The quantitative estimate of drug-likeness (QED) is 0.773. The van der Waals surface area contributed by atoms with E-state index in [1.54, 1.807) is 0 Å². The lowest BCUT2D eigenvalue weighted by Gasteiger charge is -2.39. The minimum atomic E-state index is 0.710. The summed E-state index contributed by atoms with van der Waals surface area (Å²) < 4.78 is 0. The topological polar surface area (TPSA) is 29.3 Å². The van der Waals surface area contributed by atoms with Crippen molar-refractivity contribution in [2.75, 3.05) is 5.73 Å². The highest BCUT2D eigenvalue weighted by Gasteiger charge is 2.24. The molecule has 1 aromatic rings. The van der Waals surface area contributed by atoms with Crippen molar-refractivity contribution < 1.29 is 0 Å². The SMILES string of the molecule is C[C@H]1CCC[C@H](C)N1Cc1ccc(N)cc1. The van der Waals surface area contributed by atoms with E-state index in [9.17, 15) is 0 Å².